The molecular weight excluding hydrogens is 508 g/mol. The van der Waals surface area contributed by atoms with Crippen LogP contribution in [0.2, 0.25) is 12.6 Å². The standard InChI is InChI=1S/C23H21BF5N5S.C2H6/c1-35(33-9-7-24(15-30)8-10-33)34(19-4-2-3-18(25)12-19)14-17-6-5-16(11-20(17)26)21-13-22(32-31-21)23(27,28)29;1-2/h2-6,11-12H,1,7-10,13-14H2;1-2H3. The zero-order chi connectivity index (χ0) is 27.2. The van der Waals surface area contributed by atoms with Gasteiger partial charge in [-0.1, -0.05) is 32.0 Å². The highest BCUT2D eigenvalue weighted by molar-refractivity contribution is 8.13. The highest BCUT2D eigenvalue weighted by atomic mass is 32.2. The summed E-state index contributed by atoms with van der Waals surface area (Å²) in [7, 11) is -0.794. The molecule has 0 aromatic heterocycles. The van der Waals surface area contributed by atoms with Gasteiger partial charge in [-0.25, -0.2) is 18.3 Å². The van der Waals surface area contributed by atoms with Crippen molar-refractivity contribution in [1.29, 1.82) is 5.26 Å². The Morgan fingerprint density at radius 3 is 2.38 bits per heavy atom. The van der Waals surface area contributed by atoms with Crippen LogP contribution >= 0.6 is 10.9 Å². The molecule has 0 spiro atoms. The lowest BCUT2D eigenvalue weighted by Crippen LogP contribution is -2.37. The summed E-state index contributed by atoms with van der Waals surface area (Å²) < 4.78 is 71.6. The summed E-state index contributed by atoms with van der Waals surface area (Å²) in [5.74, 6) is 5.49. The average molecular weight is 535 g/mol. The fourth-order valence-corrected chi connectivity index (χ4v) is 5.49. The number of alkyl halides is 3. The molecule has 12 heteroatoms. The van der Waals surface area contributed by atoms with Gasteiger partial charge in [0.2, 0.25) is 0 Å². The summed E-state index contributed by atoms with van der Waals surface area (Å²) in [5.41, 5.74) is 0.0514. The second-order valence-corrected chi connectivity index (χ2v) is 9.90. The van der Waals surface area contributed by atoms with E-state index in [2.05, 4.69) is 26.3 Å². The minimum Gasteiger partial charge on any atom is -0.306 e. The first kappa shape index (κ1) is 28.5. The van der Waals surface area contributed by atoms with Crippen molar-refractivity contribution >= 4 is 40.6 Å². The molecule has 0 saturated carbocycles. The van der Waals surface area contributed by atoms with Crippen LogP contribution in [0.3, 0.4) is 0 Å². The van der Waals surface area contributed by atoms with Crippen molar-refractivity contribution in [3.8, 4) is 5.97 Å². The van der Waals surface area contributed by atoms with E-state index in [1.807, 2.05) is 13.8 Å². The molecule has 1 atom stereocenters. The molecule has 2 heterocycles. The van der Waals surface area contributed by atoms with Crippen molar-refractivity contribution in [2.24, 2.45) is 10.2 Å². The number of rotatable bonds is 6. The Kier molecular flexibility index (Phi) is 9.62. The van der Waals surface area contributed by atoms with Gasteiger partial charge in [-0.3, -0.25) is 0 Å². The van der Waals surface area contributed by atoms with Crippen molar-refractivity contribution in [2.45, 2.75) is 45.6 Å². The molecule has 2 aliphatic heterocycles. The Labute approximate surface area is 216 Å². The summed E-state index contributed by atoms with van der Waals surface area (Å²) in [6, 6.07) is 10.1. The third kappa shape index (κ3) is 7.05. The van der Waals surface area contributed by atoms with Gasteiger partial charge in [0, 0.05) is 36.6 Å². The summed E-state index contributed by atoms with van der Waals surface area (Å²) in [4.78, 5) is 0. The third-order valence-corrected chi connectivity index (χ3v) is 7.75. The van der Waals surface area contributed by atoms with Gasteiger partial charge in [0.25, 0.3) is 6.71 Å². The van der Waals surface area contributed by atoms with E-state index in [1.165, 1.54) is 24.3 Å². The lowest BCUT2D eigenvalue weighted by atomic mass is 9.45. The quantitative estimate of drug-likeness (QED) is 0.241. The SMILES string of the molecule is C=S(N1CCB(C#N)CC1)N(Cc1ccc(C2=NN=C(C(F)(F)F)C2)cc1F)c1cccc(F)c1.CC. The number of hydrogen-bond donors (Lipinski definition) is 0. The van der Waals surface area contributed by atoms with Crippen LogP contribution in [0.15, 0.2) is 52.7 Å². The molecule has 5 nitrogen and oxygen atoms in total. The van der Waals surface area contributed by atoms with E-state index in [0.29, 0.717) is 31.4 Å². The highest BCUT2D eigenvalue weighted by Gasteiger charge is 2.39. The van der Waals surface area contributed by atoms with Crippen molar-refractivity contribution in [1.82, 2.24) is 4.31 Å². The first-order chi connectivity index (χ1) is 17.7. The number of nitriles is 1. The zero-order valence-electron chi connectivity index (χ0n) is 20.6. The lowest BCUT2D eigenvalue weighted by Gasteiger charge is -2.37. The van der Waals surface area contributed by atoms with E-state index in [9.17, 15) is 17.6 Å². The first-order valence-electron chi connectivity index (χ1n) is 11.9. The topological polar surface area (TPSA) is 55.0 Å². The van der Waals surface area contributed by atoms with Gasteiger partial charge in [-0.05, 0) is 53.6 Å². The molecule has 0 aliphatic carbocycles. The van der Waals surface area contributed by atoms with E-state index in [-0.39, 0.29) is 30.1 Å². The lowest BCUT2D eigenvalue weighted by molar-refractivity contribution is -0.0596. The van der Waals surface area contributed by atoms with Crippen molar-refractivity contribution in [3.05, 3.63) is 65.2 Å². The maximum absolute atomic E-state index is 15.1. The normalized spacial score (nSPS) is 16.8. The second-order valence-electron chi connectivity index (χ2n) is 8.26. The van der Waals surface area contributed by atoms with Crippen LogP contribution in [-0.2, 0) is 6.54 Å². The number of anilines is 1. The Balaban J connectivity index is 0.00000186. The summed E-state index contributed by atoms with van der Waals surface area (Å²) in [6.07, 6.45) is -3.71. The third-order valence-electron chi connectivity index (χ3n) is 5.94. The van der Waals surface area contributed by atoms with Gasteiger partial charge in [0.15, 0.2) is 0 Å². The molecule has 196 valence electrons. The fraction of sp³-hybridized carbons (Fsp3) is 0.360. The van der Waals surface area contributed by atoms with Crippen LogP contribution in [0.5, 0.6) is 0 Å². The summed E-state index contributed by atoms with van der Waals surface area (Å²) >= 11 is 0. The Bertz CT molecular complexity index is 1230. The number of benzene rings is 2. The van der Waals surface area contributed by atoms with Gasteiger partial charge in [0.1, 0.15) is 17.3 Å². The summed E-state index contributed by atoms with van der Waals surface area (Å²) in [6.45, 7) is 5.33. The van der Waals surface area contributed by atoms with Crippen LogP contribution in [0.1, 0.15) is 31.4 Å². The van der Waals surface area contributed by atoms with Crippen LogP contribution < -0.4 is 4.31 Å². The van der Waals surface area contributed by atoms with E-state index >= 15 is 4.39 Å². The fourth-order valence-electron chi connectivity index (χ4n) is 3.93. The molecule has 0 amide bonds. The van der Waals surface area contributed by atoms with Crippen LogP contribution in [0, 0.1) is 22.9 Å². The molecule has 0 radical (unpaired) electrons. The molecule has 2 aromatic rings. The van der Waals surface area contributed by atoms with Crippen molar-refractivity contribution in [2.75, 3.05) is 17.4 Å². The monoisotopic (exact) mass is 535 g/mol. The maximum atomic E-state index is 15.1. The van der Waals surface area contributed by atoms with E-state index in [0.717, 1.165) is 6.07 Å². The molecule has 2 aliphatic rings. The van der Waals surface area contributed by atoms with Gasteiger partial charge in [0.05, 0.1) is 17.9 Å². The van der Waals surface area contributed by atoms with Crippen LogP contribution in [0.4, 0.5) is 27.6 Å². The minimum atomic E-state index is -4.58. The molecule has 2 aromatic carbocycles. The largest absolute Gasteiger partial charge is 0.431 e. The van der Waals surface area contributed by atoms with E-state index in [1.54, 1.807) is 16.4 Å². The predicted octanol–water partition coefficient (Wildman–Crippen LogP) is 6.51. The van der Waals surface area contributed by atoms with Gasteiger partial charge in [-0.15, -0.1) is 5.10 Å². The average Bonchev–Trinajstić information content (AvgIpc) is 3.40. The molecule has 4 rings (SSSR count). The van der Waals surface area contributed by atoms with E-state index < -0.39 is 40.8 Å². The number of nitrogens with zero attached hydrogens (tertiary/aromatic N) is 5. The molecule has 1 saturated heterocycles. The van der Waals surface area contributed by atoms with Gasteiger partial charge in [-0.2, -0.15) is 18.3 Å². The highest BCUT2D eigenvalue weighted by Crippen LogP contribution is 2.35. The number of hydrogen-bond acceptors (Lipinski definition) is 5. The summed E-state index contributed by atoms with van der Waals surface area (Å²) in [5, 5.41) is 15.9. The second kappa shape index (κ2) is 12.5. The van der Waals surface area contributed by atoms with Crippen molar-refractivity contribution < 1.29 is 22.0 Å². The predicted molar refractivity (Wildman–Crippen MR) is 142 cm³/mol. The van der Waals surface area contributed by atoms with Gasteiger partial charge >= 0.3 is 6.18 Å². The Morgan fingerprint density at radius 1 is 1.11 bits per heavy atom. The van der Waals surface area contributed by atoms with Gasteiger partial charge < -0.3 is 4.31 Å². The van der Waals surface area contributed by atoms with E-state index in [4.69, 9.17) is 5.26 Å². The van der Waals surface area contributed by atoms with Crippen molar-refractivity contribution in [3.63, 3.8) is 0 Å². The molecule has 37 heavy (non-hydrogen) atoms. The maximum Gasteiger partial charge on any atom is 0.431 e. The molecule has 1 unspecified atom stereocenters. The Hall–Kier alpha value is -3.04. The minimum absolute atomic E-state index is 0.0174. The molecule has 1 fully saturated rings. The molecular formula is C25H27BF5N5S. The first-order valence-corrected chi connectivity index (χ1v) is 13.2. The Morgan fingerprint density at radius 2 is 1.81 bits per heavy atom. The molecule has 0 bridgehead atoms. The zero-order valence-corrected chi connectivity index (χ0v) is 21.4. The number of halogens is 5. The molecule has 0 N–H and O–H groups in total. The smallest absolute Gasteiger partial charge is 0.306 e. The van der Waals surface area contributed by atoms with Crippen LogP contribution in [0.25, 0.3) is 0 Å². The van der Waals surface area contributed by atoms with Crippen LogP contribution in [-0.4, -0.2) is 47.6 Å².